The van der Waals surface area contributed by atoms with Crippen LogP contribution in [0.2, 0.25) is 0 Å². The van der Waals surface area contributed by atoms with Gasteiger partial charge in [0.05, 0.1) is 0 Å². The summed E-state index contributed by atoms with van der Waals surface area (Å²) in [5, 5.41) is 0. The second-order valence-electron chi connectivity index (χ2n) is 2.01. The van der Waals surface area contributed by atoms with Gasteiger partial charge in [0.1, 0.15) is 0 Å². The SMILES string of the molecule is CCC1C=NCC1. The highest BCUT2D eigenvalue weighted by molar-refractivity contribution is 5.62. The normalized spacial score (nSPS) is 29.0. The Balaban J connectivity index is 2.28. The lowest BCUT2D eigenvalue weighted by Gasteiger charge is -1.95. The molecule has 0 fully saturated rings. The lowest BCUT2D eigenvalue weighted by Crippen LogP contribution is -1.92. The lowest BCUT2D eigenvalue weighted by molar-refractivity contribution is 0.663. The third kappa shape index (κ3) is 1.02. The molecule has 1 atom stereocenters. The molecule has 0 saturated carbocycles. The van der Waals surface area contributed by atoms with Crippen LogP contribution in [0, 0.1) is 5.92 Å². The van der Waals surface area contributed by atoms with E-state index in [0.717, 1.165) is 12.5 Å². The molecule has 0 aromatic carbocycles. The van der Waals surface area contributed by atoms with E-state index in [1.807, 2.05) is 0 Å². The predicted molar refractivity (Wildman–Crippen MR) is 31.8 cm³/mol. The maximum Gasteiger partial charge on any atom is 0.0391 e. The van der Waals surface area contributed by atoms with Gasteiger partial charge in [0.2, 0.25) is 0 Å². The number of nitrogens with zero attached hydrogens (tertiary/aromatic N) is 1. The first-order chi connectivity index (χ1) is 3.43. The van der Waals surface area contributed by atoms with Crippen molar-refractivity contribution < 1.29 is 0 Å². The Morgan fingerprint density at radius 1 is 1.86 bits per heavy atom. The van der Waals surface area contributed by atoms with E-state index in [-0.39, 0.29) is 0 Å². The highest BCUT2D eigenvalue weighted by atomic mass is 14.7. The van der Waals surface area contributed by atoms with E-state index in [9.17, 15) is 0 Å². The van der Waals surface area contributed by atoms with Gasteiger partial charge in [0.25, 0.3) is 0 Å². The topological polar surface area (TPSA) is 12.4 Å². The van der Waals surface area contributed by atoms with E-state index in [1.165, 1.54) is 12.8 Å². The summed E-state index contributed by atoms with van der Waals surface area (Å²) in [6.07, 6.45) is 4.64. The quantitative estimate of drug-likeness (QED) is 0.470. The van der Waals surface area contributed by atoms with Gasteiger partial charge in [-0.3, -0.25) is 4.99 Å². The summed E-state index contributed by atoms with van der Waals surface area (Å²) in [7, 11) is 0. The molecule has 1 heterocycles. The van der Waals surface area contributed by atoms with E-state index in [1.54, 1.807) is 0 Å². The second-order valence-corrected chi connectivity index (χ2v) is 2.01. The summed E-state index contributed by atoms with van der Waals surface area (Å²) in [4.78, 5) is 4.11. The number of rotatable bonds is 1. The van der Waals surface area contributed by atoms with Crippen LogP contribution < -0.4 is 0 Å². The zero-order valence-corrected chi connectivity index (χ0v) is 4.72. The Bertz CT molecular complexity index is 76.2. The molecule has 0 spiro atoms. The summed E-state index contributed by atoms with van der Waals surface area (Å²) < 4.78 is 0. The van der Waals surface area contributed by atoms with Crippen molar-refractivity contribution in [2.24, 2.45) is 10.9 Å². The lowest BCUT2D eigenvalue weighted by atomic mass is 10.1. The number of hydrogen-bond acceptors (Lipinski definition) is 1. The van der Waals surface area contributed by atoms with Crippen LogP contribution in [-0.2, 0) is 0 Å². The van der Waals surface area contributed by atoms with Crippen molar-refractivity contribution in [3.05, 3.63) is 0 Å². The van der Waals surface area contributed by atoms with Crippen molar-refractivity contribution in [1.29, 1.82) is 0 Å². The minimum atomic E-state index is 0.806. The van der Waals surface area contributed by atoms with E-state index in [0.29, 0.717) is 0 Å². The molecule has 1 aliphatic heterocycles. The molecule has 0 amide bonds. The fraction of sp³-hybridized carbons (Fsp3) is 0.833. The van der Waals surface area contributed by atoms with Gasteiger partial charge in [-0.15, -0.1) is 0 Å². The molecule has 1 heteroatoms. The summed E-state index contributed by atoms with van der Waals surface area (Å²) in [6.45, 7) is 3.28. The van der Waals surface area contributed by atoms with Crippen molar-refractivity contribution in [2.45, 2.75) is 19.8 Å². The third-order valence-electron chi connectivity index (χ3n) is 1.47. The Morgan fingerprint density at radius 3 is 3.00 bits per heavy atom. The highest BCUT2D eigenvalue weighted by Gasteiger charge is 2.05. The van der Waals surface area contributed by atoms with Gasteiger partial charge < -0.3 is 0 Å². The van der Waals surface area contributed by atoms with Crippen molar-refractivity contribution in [3.63, 3.8) is 0 Å². The van der Waals surface area contributed by atoms with Crippen LogP contribution in [0.1, 0.15) is 19.8 Å². The van der Waals surface area contributed by atoms with Crippen LogP contribution in [0.25, 0.3) is 0 Å². The van der Waals surface area contributed by atoms with Gasteiger partial charge in [-0.05, 0) is 18.8 Å². The van der Waals surface area contributed by atoms with Crippen LogP contribution in [0.3, 0.4) is 0 Å². The van der Waals surface area contributed by atoms with Gasteiger partial charge in [0.15, 0.2) is 0 Å². The third-order valence-corrected chi connectivity index (χ3v) is 1.47. The predicted octanol–water partition coefficient (Wildman–Crippen LogP) is 1.49. The molecule has 1 aliphatic rings. The van der Waals surface area contributed by atoms with E-state index < -0.39 is 0 Å². The number of aliphatic imine (C=N–C) groups is 1. The maximum atomic E-state index is 4.11. The van der Waals surface area contributed by atoms with Crippen molar-refractivity contribution in [3.8, 4) is 0 Å². The molecule has 1 nitrogen and oxygen atoms in total. The molecule has 0 N–H and O–H groups in total. The minimum absolute atomic E-state index is 0.806. The Morgan fingerprint density at radius 2 is 2.71 bits per heavy atom. The standard InChI is InChI=1S/C6H11N/c1-2-6-3-4-7-5-6/h5-6H,2-4H2,1H3. The van der Waals surface area contributed by atoms with Gasteiger partial charge in [-0.2, -0.15) is 0 Å². The minimum Gasteiger partial charge on any atom is -0.297 e. The van der Waals surface area contributed by atoms with Crippen molar-refractivity contribution in [2.75, 3.05) is 6.54 Å². The fourth-order valence-corrected chi connectivity index (χ4v) is 0.848. The second kappa shape index (κ2) is 2.10. The molecule has 0 aromatic rings. The molecular weight excluding hydrogens is 86.1 g/mol. The van der Waals surface area contributed by atoms with Crippen LogP contribution in [-0.4, -0.2) is 12.8 Å². The first-order valence-corrected chi connectivity index (χ1v) is 2.93. The smallest absolute Gasteiger partial charge is 0.0391 e. The zero-order valence-electron chi connectivity index (χ0n) is 4.72. The summed E-state index contributed by atoms with van der Waals surface area (Å²) in [5.41, 5.74) is 0. The largest absolute Gasteiger partial charge is 0.297 e. The average molecular weight is 97.2 g/mol. The fourth-order valence-electron chi connectivity index (χ4n) is 0.848. The van der Waals surface area contributed by atoms with Crippen molar-refractivity contribution in [1.82, 2.24) is 0 Å². The van der Waals surface area contributed by atoms with E-state index in [4.69, 9.17) is 0 Å². The molecule has 0 aromatic heterocycles. The number of hydrogen-bond donors (Lipinski definition) is 0. The molecule has 7 heavy (non-hydrogen) atoms. The highest BCUT2D eigenvalue weighted by Crippen LogP contribution is 2.09. The van der Waals surface area contributed by atoms with E-state index in [2.05, 4.69) is 18.1 Å². The van der Waals surface area contributed by atoms with Gasteiger partial charge in [-0.1, -0.05) is 6.92 Å². The monoisotopic (exact) mass is 97.1 g/mol. The van der Waals surface area contributed by atoms with E-state index >= 15 is 0 Å². The summed E-state index contributed by atoms with van der Waals surface area (Å²) >= 11 is 0. The van der Waals surface area contributed by atoms with Gasteiger partial charge >= 0.3 is 0 Å². The van der Waals surface area contributed by atoms with Crippen LogP contribution in [0.5, 0.6) is 0 Å². The van der Waals surface area contributed by atoms with Crippen molar-refractivity contribution >= 4 is 6.21 Å². The Hall–Kier alpha value is -0.330. The molecule has 40 valence electrons. The van der Waals surface area contributed by atoms with Crippen LogP contribution in [0.4, 0.5) is 0 Å². The first-order valence-electron chi connectivity index (χ1n) is 2.93. The van der Waals surface area contributed by atoms with Crippen LogP contribution in [0.15, 0.2) is 4.99 Å². The molecule has 1 rings (SSSR count). The maximum absolute atomic E-state index is 4.11. The summed E-state index contributed by atoms with van der Waals surface area (Å²) in [6, 6.07) is 0. The molecule has 0 radical (unpaired) electrons. The molecule has 0 saturated heterocycles. The molecule has 1 unspecified atom stereocenters. The molecule has 0 aliphatic carbocycles. The van der Waals surface area contributed by atoms with Gasteiger partial charge in [-0.25, -0.2) is 0 Å². The Labute approximate surface area is 44.5 Å². The molecular formula is C6H11N. The first kappa shape index (κ1) is 4.82. The summed E-state index contributed by atoms with van der Waals surface area (Å²) in [5.74, 6) is 0.806. The Kier molecular flexibility index (Phi) is 1.45. The zero-order chi connectivity index (χ0) is 5.11. The van der Waals surface area contributed by atoms with Gasteiger partial charge in [0, 0.05) is 12.8 Å². The van der Waals surface area contributed by atoms with Crippen LogP contribution >= 0.6 is 0 Å². The molecule has 0 bridgehead atoms. The average Bonchev–Trinajstić information content (AvgIpc) is 2.14.